The van der Waals surface area contributed by atoms with Crippen molar-refractivity contribution in [3.05, 3.63) is 58.1 Å². The lowest BCUT2D eigenvalue weighted by molar-refractivity contribution is -0.140. The topological polar surface area (TPSA) is 96.0 Å². The molecule has 2 aromatic carbocycles. The van der Waals surface area contributed by atoms with Gasteiger partial charge in [-0.2, -0.15) is 0 Å². The van der Waals surface area contributed by atoms with Crippen LogP contribution in [0.25, 0.3) is 0 Å². The van der Waals surface area contributed by atoms with Crippen molar-refractivity contribution in [2.24, 2.45) is 0 Å². The third-order valence-corrected chi connectivity index (χ3v) is 7.65. The molecule has 0 spiro atoms. The zero-order valence-electron chi connectivity index (χ0n) is 21.7. The van der Waals surface area contributed by atoms with Crippen LogP contribution >= 0.6 is 23.2 Å². The van der Waals surface area contributed by atoms with Crippen LogP contribution in [0, 0.1) is 0 Å². The molecule has 0 aromatic heterocycles. The Balaban J connectivity index is 2.17. The van der Waals surface area contributed by atoms with E-state index in [1.165, 1.54) is 16.3 Å². The Kier molecular flexibility index (Phi) is 12.0. The van der Waals surface area contributed by atoms with Crippen molar-refractivity contribution >= 4 is 50.7 Å². The number of carbonyl (C=O) groups excluding carboxylic acids is 2. The summed E-state index contributed by atoms with van der Waals surface area (Å²) in [4.78, 5) is 27.6. The molecule has 2 rings (SSSR count). The summed E-state index contributed by atoms with van der Waals surface area (Å²) in [6.45, 7) is 4.44. The first-order valence-corrected chi connectivity index (χ1v) is 14.7. The molecule has 0 fully saturated rings. The minimum Gasteiger partial charge on any atom is -0.497 e. The van der Waals surface area contributed by atoms with Crippen LogP contribution in [-0.2, 0) is 26.2 Å². The largest absolute Gasteiger partial charge is 0.497 e. The highest BCUT2D eigenvalue weighted by atomic mass is 35.5. The number of hydrogen-bond acceptors (Lipinski definition) is 5. The smallest absolute Gasteiger partial charge is 0.242 e. The van der Waals surface area contributed by atoms with Crippen molar-refractivity contribution < 1.29 is 22.7 Å². The molecule has 0 bridgehead atoms. The molecule has 204 valence electrons. The molecule has 2 amide bonds. The van der Waals surface area contributed by atoms with Gasteiger partial charge in [0.25, 0.3) is 0 Å². The predicted octanol–water partition coefficient (Wildman–Crippen LogP) is 4.88. The molecule has 11 heteroatoms. The molecule has 1 N–H and O–H groups in total. The number of ether oxygens (including phenoxy) is 1. The standard InChI is InChI=1S/C26H35Cl2N3O5S/c1-5-6-15-29-26(33)19(2)30(18-20-9-10-21(27)17-24(20)28)25(32)8-7-16-31(37(4,34)35)22-11-13-23(36-3)14-12-22/h9-14,17,19H,5-8,15-16,18H2,1-4H3,(H,29,33)/t19-/m0/s1. The summed E-state index contributed by atoms with van der Waals surface area (Å²) < 4.78 is 31.3. The highest BCUT2D eigenvalue weighted by Crippen LogP contribution is 2.25. The molecule has 0 heterocycles. The van der Waals surface area contributed by atoms with Crippen molar-refractivity contribution in [2.75, 3.05) is 30.8 Å². The molecule has 0 radical (unpaired) electrons. The molecule has 0 saturated carbocycles. The first-order valence-electron chi connectivity index (χ1n) is 12.1. The van der Waals surface area contributed by atoms with E-state index in [-0.39, 0.29) is 37.7 Å². The SMILES string of the molecule is CCCCNC(=O)[C@H](C)N(Cc1ccc(Cl)cc1Cl)C(=O)CCCN(c1ccc(OC)cc1)S(C)(=O)=O. The lowest BCUT2D eigenvalue weighted by atomic mass is 10.1. The van der Waals surface area contributed by atoms with Gasteiger partial charge in [-0.15, -0.1) is 0 Å². The Morgan fingerprint density at radius 2 is 1.76 bits per heavy atom. The van der Waals surface area contributed by atoms with E-state index in [1.807, 2.05) is 6.92 Å². The highest BCUT2D eigenvalue weighted by molar-refractivity contribution is 7.92. The fourth-order valence-electron chi connectivity index (χ4n) is 3.70. The van der Waals surface area contributed by atoms with Gasteiger partial charge in [0.05, 0.1) is 19.1 Å². The molecule has 0 aliphatic carbocycles. The quantitative estimate of drug-likeness (QED) is 0.326. The highest BCUT2D eigenvalue weighted by Gasteiger charge is 2.27. The number of methoxy groups -OCH3 is 1. The molecule has 0 aliphatic rings. The number of unbranched alkanes of at least 4 members (excludes halogenated alkanes) is 1. The third kappa shape index (κ3) is 9.39. The van der Waals surface area contributed by atoms with Crippen molar-refractivity contribution in [1.82, 2.24) is 10.2 Å². The number of nitrogens with one attached hydrogen (secondary N) is 1. The molecule has 1 atom stereocenters. The summed E-state index contributed by atoms with van der Waals surface area (Å²) in [7, 11) is -2.05. The second kappa shape index (κ2) is 14.4. The van der Waals surface area contributed by atoms with Gasteiger partial charge >= 0.3 is 0 Å². The second-order valence-corrected chi connectivity index (χ2v) is 11.5. The second-order valence-electron chi connectivity index (χ2n) is 8.71. The Labute approximate surface area is 229 Å². The van der Waals surface area contributed by atoms with Crippen LogP contribution in [-0.4, -0.2) is 57.6 Å². The van der Waals surface area contributed by atoms with Gasteiger partial charge in [0.1, 0.15) is 11.8 Å². The van der Waals surface area contributed by atoms with Crippen molar-refractivity contribution in [2.45, 2.75) is 52.1 Å². The first-order chi connectivity index (χ1) is 17.5. The normalized spacial score (nSPS) is 12.1. The molecule has 8 nitrogen and oxygen atoms in total. The van der Waals surface area contributed by atoms with Gasteiger partial charge in [-0.3, -0.25) is 13.9 Å². The average Bonchev–Trinajstić information content (AvgIpc) is 2.85. The van der Waals surface area contributed by atoms with Crippen LogP contribution in [0.4, 0.5) is 5.69 Å². The number of benzene rings is 2. The molecule has 0 aliphatic heterocycles. The van der Waals surface area contributed by atoms with Crippen molar-refractivity contribution in [3.63, 3.8) is 0 Å². The lowest BCUT2D eigenvalue weighted by Gasteiger charge is -2.30. The third-order valence-electron chi connectivity index (χ3n) is 5.87. The van der Waals surface area contributed by atoms with Gasteiger partial charge in [0.15, 0.2) is 0 Å². The number of sulfonamides is 1. The van der Waals surface area contributed by atoms with Crippen LogP contribution < -0.4 is 14.4 Å². The van der Waals surface area contributed by atoms with Crippen LogP contribution in [0.3, 0.4) is 0 Å². The maximum Gasteiger partial charge on any atom is 0.242 e. The number of hydrogen-bond donors (Lipinski definition) is 1. The number of nitrogens with zero attached hydrogens (tertiary/aromatic N) is 2. The van der Waals surface area contributed by atoms with Gasteiger partial charge in [0.2, 0.25) is 21.8 Å². The maximum absolute atomic E-state index is 13.3. The average molecular weight is 573 g/mol. The lowest BCUT2D eigenvalue weighted by Crippen LogP contribution is -2.48. The summed E-state index contributed by atoms with van der Waals surface area (Å²) in [5, 5.41) is 3.73. The number of anilines is 1. The van der Waals surface area contributed by atoms with Gasteiger partial charge in [-0.1, -0.05) is 42.6 Å². The van der Waals surface area contributed by atoms with E-state index in [0.29, 0.717) is 33.6 Å². The van der Waals surface area contributed by atoms with Crippen LogP contribution in [0.2, 0.25) is 10.0 Å². The predicted molar refractivity (Wildman–Crippen MR) is 149 cm³/mol. The van der Waals surface area contributed by atoms with E-state index in [4.69, 9.17) is 27.9 Å². The molecule has 37 heavy (non-hydrogen) atoms. The Morgan fingerprint density at radius 3 is 2.32 bits per heavy atom. The molecular formula is C26H35Cl2N3O5S. The number of amides is 2. The van der Waals surface area contributed by atoms with Gasteiger partial charge < -0.3 is 15.0 Å². The summed E-state index contributed by atoms with van der Waals surface area (Å²) in [5.74, 6) is 0.0605. The minimum absolute atomic E-state index is 0.0416. The van der Waals surface area contributed by atoms with Crippen LogP contribution in [0.5, 0.6) is 5.75 Å². The Hall–Kier alpha value is -2.49. The molecule has 0 saturated heterocycles. The fourth-order valence-corrected chi connectivity index (χ4v) is 5.14. The zero-order chi connectivity index (χ0) is 27.6. The molecule has 2 aromatic rings. The fraction of sp³-hybridized carbons (Fsp3) is 0.462. The van der Waals surface area contributed by atoms with E-state index in [1.54, 1.807) is 49.4 Å². The summed E-state index contributed by atoms with van der Waals surface area (Å²) >= 11 is 12.4. The van der Waals surface area contributed by atoms with E-state index in [0.717, 1.165) is 19.1 Å². The van der Waals surface area contributed by atoms with Crippen LogP contribution in [0.15, 0.2) is 42.5 Å². The number of rotatable bonds is 14. The van der Waals surface area contributed by atoms with Gasteiger partial charge in [-0.05, 0) is 61.7 Å². The zero-order valence-corrected chi connectivity index (χ0v) is 24.0. The van der Waals surface area contributed by atoms with Gasteiger partial charge in [-0.25, -0.2) is 8.42 Å². The van der Waals surface area contributed by atoms with E-state index < -0.39 is 16.1 Å². The molecular weight excluding hydrogens is 537 g/mol. The van der Waals surface area contributed by atoms with Crippen molar-refractivity contribution in [1.29, 1.82) is 0 Å². The maximum atomic E-state index is 13.3. The van der Waals surface area contributed by atoms with E-state index >= 15 is 0 Å². The van der Waals surface area contributed by atoms with E-state index in [2.05, 4.69) is 5.32 Å². The number of halogens is 2. The Bertz CT molecular complexity index is 1160. The Morgan fingerprint density at radius 1 is 1.08 bits per heavy atom. The van der Waals surface area contributed by atoms with E-state index in [9.17, 15) is 18.0 Å². The minimum atomic E-state index is -3.58. The summed E-state index contributed by atoms with van der Waals surface area (Å²) in [5.41, 5.74) is 1.13. The van der Waals surface area contributed by atoms with Gasteiger partial charge in [0, 0.05) is 36.1 Å². The van der Waals surface area contributed by atoms with Crippen LogP contribution in [0.1, 0.15) is 45.1 Å². The summed E-state index contributed by atoms with van der Waals surface area (Å²) in [6.07, 6.45) is 3.19. The first kappa shape index (κ1) is 30.7. The molecule has 0 unspecified atom stereocenters. The summed E-state index contributed by atoms with van der Waals surface area (Å²) in [6, 6.07) is 10.9. The number of carbonyl (C=O) groups is 2. The monoisotopic (exact) mass is 571 g/mol. The van der Waals surface area contributed by atoms with Crippen molar-refractivity contribution in [3.8, 4) is 5.75 Å².